The van der Waals surface area contributed by atoms with E-state index in [1.165, 1.54) is 27.7 Å². The summed E-state index contributed by atoms with van der Waals surface area (Å²) in [5.41, 5.74) is 5.26. The van der Waals surface area contributed by atoms with Crippen molar-refractivity contribution in [2.24, 2.45) is 0 Å². The van der Waals surface area contributed by atoms with Crippen LogP contribution in [0.2, 0.25) is 0 Å². The Bertz CT molecular complexity index is 905. The molecule has 0 aliphatic rings. The standard InChI is InChI=1S/C22H19N/c1-3-9-18(10-4-1)15-16-23-21-14-8-7-13-20(21)17-22(23)19-11-5-2-6-12-19/h1-14,17H,15-16H2. The lowest BCUT2D eigenvalue weighted by molar-refractivity contribution is 0.729. The molecule has 112 valence electrons. The monoisotopic (exact) mass is 297 g/mol. The van der Waals surface area contributed by atoms with Gasteiger partial charge < -0.3 is 4.57 Å². The maximum absolute atomic E-state index is 2.44. The van der Waals surface area contributed by atoms with Crippen LogP contribution in [0.1, 0.15) is 5.56 Å². The number of aromatic nitrogens is 1. The quantitative estimate of drug-likeness (QED) is 0.465. The minimum atomic E-state index is 0.988. The van der Waals surface area contributed by atoms with Gasteiger partial charge in [0, 0.05) is 23.1 Å². The van der Waals surface area contributed by atoms with E-state index >= 15 is 0 Å². The molecule has 0 N–H and O–H groups in total. The molecular formula is C22H19N. The summed E-state index contributed by atoms with van der Waals surface area (Å²) < 4.78 is 2.44. The zero-order valence-corrected chi connectivity index (χ0v) is 13.0. The van der Waals surface area contributed by atoms with Crippen LogP contribution in [0.25, 0.3) is 22.2 Å². The summed E-state index contributed by atoms with van der Waals surface area (Å²) in [5.74, 6) is 0. The van der Waals surface area contributed by atoms with Crippen LogP contribution in [-0.4, -0.2) is 4.57 Å². The third-order valence-electron chi connectivity index (χ3n) is 4.35. The number of nitrogens with zero attached hydrogens (tertiary/aromatic N) is 1. The molecule has 1 aromatic heterocycles. The molecule has 4 aromatic rings. The molecule has 0 fully saturated rings. The molecule has 0 amide bonds. The van der Waals surface area contributed by atoms with Crippen LogP contribution in [0.15, 0.2) is 91.0 Å². The van der Waals surface area contributed by atoms with Crippen molar-refractivity contribution >= 4 is 10.9 Å². The summed E-state index contributed by atoms with van der Waals surface area (Å²) in [5, 5.41) is 1.31. The van der Waals surface area contributed by atoms with E-state index in [9.17, 15) is 0 Å². The Balaban J connectivity index is 1.77. The minimum absolute atomic E-state index is 0.988. The van der Waals surface area contributed by atoms with Crippen LogP contribution in [0.3, 0.4) is 0 Å². The largest absolute Gasteiger partial charge is 0.340 e. The number of rotatable bonds is 4. The smallest absolute Gasteiger partial charge is 0.0491 e. The molecule has 1 heterocycles. The van der Waals surface area contributed by atoms with Gasteiger partial charge in [-0.1, -0.05) is 78.9 Å². The first kappa shape index (κ1) is 13.8. The summed E-state index contributed by atoms with van der Waals surface area (Å²) in [6.45, 7) is 0.988. The van der Waals surface area contributed by atoms with Crippen molar-refractivity contribution < 1.29 is 0 Å². The SMILES string of the molecule is c1ccc(CCn2c(-c3ccccc3)cc3ccccc32)cc1. The summed E-state index contributed by atoms with van der Waals surface area (Å²) in [6, 6.07) is 32.3. The Hall–Kier alpha value is -2.80. The van der Waals surface area contributed by atoms with Crippen molar-refractivity contribution in [2.75, 3.05) is 0 Å². The van der Waals surface area contributed by atoms with Gasteiger partial charge in [0.25, 0.3) is 0 Å². The predicted molar refractivity (Wildman–Crippen MR) is 97.5 cm³/mol. The fraction of sp³-hybridized carbons (Fsp3) is 0.0909. The van der Waals surface area contributed by atoms with Crippen molar-refractivity contribution in [3.05, 3.63) is 96.6 Å². The maximum Gasteiger partial charge on any atom is 0.0491 e. The van der Waals surface area contributed by atoms with Gasteiger partial charge in [0.15, 0.2) is 0 Å². The Morgan fingerprint density at radius 3 is 2.09 bits per heavy atom. The molecule has 0 bridgehead atoms. The van der Waals surface area contributed by atoms with Gasteiger partial charge in [-0.2, -0.15) is 0 Å². The summed E-state index contributed by atoms with van der Waals surface area (Å²) in [4.78, 5) is 0. The lowest BCUT2D eigenvalue weighted by Crippen LogP contribution is -2.03. The third-order valence-corrected chi connectivity index (χ3v) is 4.35. The maximum atomic E-state index is 2.44. The minimum Gasteiger partial charge on any atom is -0.340 e. The first-order valence-electron chi connectivity index (χ1n) is 8.09. The van der Waals surface area contributed by atoms with Gasteiger partial charge >= 0.3 is 0 Å². The van der Waals surface area contributed by atoms with E-state index in [0.717, 1.165) is 13.0 Å². The predicted octanol–water partition coefficient (Wildman–Crippen LogP) is 5.55. The molecule has 23 heavy (non-hydrogen) atoms. The van der Waals surface area contributed by atoms with Gasteiger partial charge in [-0.15, -0.1) is 0 Å². The van der Waals surface area contributed by atoms with Crippen LogP contribution in [0, 0.1) is 0 Å². The highest BCUT2D eigenvalue weighted by Crippen LogP contribution is 2.28. The number of aryl methyl sites for hydroxylation is 2. The molecule has 1 nitrogen and oxygen atoms in total. The number of benzene rings is 3. The highest BCUT2D eigenvalue weighted by atomic mass is 15.0. The zero-order chi connectivity index (χ0) is 15.5. The Morgan fingerprint density at radius 1 is 0.652 bits per heavy atom. The number of hydrogen-bond acceptors (Lipinski definition) is 0. The molecule has 1 heteroatoms. The third kappa shape index (κ3) is 2.78. The highest BCUT2D eigenvalue weighted by Gasteiger charge is 2.10. The molecule has 0 saturated heterocycles. The number of para-hydroxylation sites is 1. The van der Waals surface area contributed by atoms with Crippen LogP contribution in [0.4, 0.5) is 0 Å². The summed E-state index contributed by atoms with van der Waals surface area (Å²) in [6.07, 6.45) is 1.04. The summed E-state index contributed by atoms with van der Waals surface area (Å²) >= 11 is 0. The Labute approximate surface area is 136 Å². The molecule has 0 aliphatic carbocycles. The van der Waals surface area contributed by atoms with E-state index in [0.29, 0.717) is 0 Å². The van der Waals surface area contributed by atoms with Crippen molar-refractivity contribution in [3.63, 3.8) is 0 Å². The van der Waals surface area contributed by atoms with Crippen molar-refractivity contribution in [1.29, 1.82) is 0 Å². The Kier molecular flexibility index (Phi) is 3.69. The van der Waals surface area contributed by atoms with Crippen molar-refractivity contribution in [3.8, 4) is 11.3 Å². The van der Waals surface area contributed by atoms with E-state index in [1.807, 2.05) is 0 Å². The van der Waals surface area contributed by atoms with Gasteiger partial charge in [-0.3, -0.25) is 0 Å². The van der Waals surface area contributed by atoms with Gasteiger partial charge in [0.05, 0.1) is 0 Å². The molecule has 0 spiro atoms. The van der Waals surface area contributed by atoms with Crippen LogP contribution < -0.4 is 0 Å². The fourth-order valence-electron chi connectivity index (χ4n) is 3.18. The van der Waals surface area contributed by atoms with Gasteiger partial charge in [0.2, 0.25) is 0 Å². The molecule has 3 aromatic carbocycles. The lowest BCUT2D eigenvalue weighted by Gasteiger charge is -2.11. The van der Waals surface area contributed by atoms with Gasteiger partial charge in [-0.25, -0.2) is 0 Å². The topological polar surface area (TPSA) is 4.93 Å². The second-order valence-electron chi connectivity index (χ2n) is 5.84. The first-order valence-corrected chi connectivity index (χ1v) is 8.09. The zero-order valence-electron chi connectivity index (χ0n) is 13.0. The molecule has 0 aliphatic heterocycles. The average Bonchev–Trinajstić information content (AvgIpc) is 3.00. The fourth-order valence-corrected chi connectivity index (χ4v) is 3.18. The van der Waals surface area contributed by atoms with E-state index in [4.69, 9.17) is 0 Å². The van der Waals surface area contributed by atoms with E-state index in [1.54, 1.807) is 0 Å². The number of hydrogen-bond donors (Lipinski definition) is 0. The van der Waals surface area contributed by atoms with Crippen LogP contribution in [0.5, 0.6) is 0 Å². The molecule has 0 unspecified atom stereocenters. The van der Waals surface area contributed by atoms with E-state index in [2.05, 4.69) is 95.6 Å². The summed E-state index contributed by atoms with van der Waals surface area (Å²) in [7, 11) is 0. The normalized spacial score (nSPS) is 11.0. The highest BCUT2D eigenvalue weighted by molar-refractivity contribution is 5.87. The van der Waals surface area contributed by atoms with E-state index in [-0.39, 0.29) is 0 Å². The van der Waals surface area contributed by atoms with Gasteiger partial charge in [0.1, 0.15) is 0 Å². The van der Waals surface area contributed by atoms with E-state index < -0.39 is 0 Å². The average molecular weight is 297 g/mol. The number of fused-ring (bicyclic) bond motifs is 1. The van der Waals surface area contributed by atoms with Crippen LogP contribution >= 0.6 is 0 Å². The molecule has 0 atom stereocenters. The second kappa shape index (κ2) is 6.13. The molecule has 0 radical (unpaired) electrons. The van der Waals surface area contributed by atoms with Crippen molar-refractivity contribution in [2.45, 2.75) is 13.0 Å². The molecule has 4 rings (SSSR count). The lowest BCUT2D eigenvalue weighted by atomic mass is 10.1. The first-order chi connectivity index (χ1) is 11.4. The van der Waals surface area contributed by atoms with Crippen molar-refractivity contribution in [1.82, 2.24) is 4.57 Å². The molecular weight excluding hydrogens is 278 g/mol. The van der Waals surface area contributed by atoms with Crippen LogP contribution in [-0.2, 0) is 13.0 Å². The second-order valence-corrected chi connectivity index (χ2v) is 5.84. The Morgan fingerprint density at radius 2 is 1.30 bits per heavy atom. The van der Waals surface area contributed by atoms with Gasteiger partial charge in [-0.05, 0) is 29.7 Å². The molecule has 0 saturated carbocycles.